The van der Waals surface area contributed by atoms with Crippen molar-refractivity contribution >= 4 is 5.78 Å². The fourth-order valence-electron chi connectivity index (χ4n) is 6.42. The molecule has 2 heteroatoms. The summed E-state index contributed by atoms with van der Waals surface area (Å²) in [6, 6.07) is 28.6. The number of unbranched alkanes of at least 4 members (excludes halogenated alkanes) is 7. The van der Waals surface area contributed by atoms with E-state index in [2.05, 4.69) is 78.9 Å². The van der Waals surface area contributed by atoms with Gasteiger partial charge in [0.05, 0.1) is 6.61 Å². The van der Waals surface area contributed by atoms with Crippen LogP contribution in [0.5, 0.6) is 0 Å². The number of rotatable bonds is 20. The van der Waals surface area contributed by atoms with E-state index in [4.69, 9.17) is 4.74 Å². The van der Waals surface area contributed by atoms with Crippen LogP contribution in [0.3, 0.4) is 0 Å². The van der Waals surface area contributed by atoms with Gasteiger partial charge in [0.15, 0.2) is 0 Å². The molecule has 40 heavy (non-hydrogen) atoms. The van der Waals surface area contributed by atoms with Crippen LogP contribution in [0.2, 0.25) is 0 Å². The lowest BCUT2D eigenvalue weighted by atomic mass is 9.91. The van der Waals surface area contributed by atoms with Crippen molar-refractivity contribution in [3.05, 3.63) is 95.6 Å². The van der Waals surface area contributed by atoms with Gasteiger partial charge in [-0.05, 0) is 66.3 Å². The van der Waals surface area contributed by atoms with Gasteiger partial charge in [-0.1, -0.05) is 137 Å². The molecule has 1 aliphatic carbocycles. The number of aryl methyl sites for hydroxylation is 1. The van der Waals surface area contributed by atoms with Crippen LogP contribution in [0, 0.1) is 5.92 Å². The highest BCUT2D eigenvalue weighted by molar-refractivity contribution is 5.78. The third kappa shape index (κ3) is 9.73. The zero-order chi connectivity index (χ0) is 27.8. The van der Waals surface area contributed by atoms with E-state index in [1.54, 1.807) is 6.92 Å². The summed E-state index contributed by atoms with van der Waals surface area (Å²) in [5.41, 5.74) is 7.04. The van der Waals surface area contributed by atoms with Crippen molar-refractivity contribution < 1.29 is 9.53 Å². The average molecular weight is 539 g/mol. The smallest absolute Gasteiger partial charge is 0.129 e. The van der Waals surface area contributed by atoms with E-state index in [0.717, 1.165) is 38.4 Å². The van der Waals surface area contributed by atoms with Crippen LogP contribution in [0.25, 0.3) is 11.1 Å². The molecule has 0 amide bonds. The highest BCUT2D eigenvalue weighted by Gasteiger charge is 2.28. The summed E-state index contributed by atoms with van der Waals surface area (Å²) in [4.78, 5) is 11.2. The molecular weight excluding hydrogens is 488 g/mol. The SMILES string of the molecule is CC(=O)CCCCCCC(CCCCCCCc1ccccc1)CCOCC1c2ccccc2-c2ccccc21. The quantitative estimate of drug-likeness (QED) is 0.134. The lowest BCUT2D eigenvalue weighted by Crippen LogP contribution is -2.11. The Kier molecular flexibility index (Phi) is 13.0. The Labute approximate surface area is 243 Å². The molecule has 2 nitrogen and oxygen atoms in total. The van der Waals surface area contributed by atoms with E-state index in [0.29, 0.717) is 11.7 Å². The van der Waals surface area contributed by atoms with Gasteiger partial charge in [0.1, 0.15) is 5.78 Å². The minimum atomic E-state index is 0.325. The number of hydrogen-bond donors (Lipinski definition) is 0. The fourth-order valence-corrected chi connectivity index (χ4v) is 6.42. The molecule has 0 saturated carbocycles. The number of Topliss-reactive ketones (excluding diaryl/α,β-unsaturated/α-hetero) is 1. The fraction of sp³-hybridized carbons (Fsp3) is 0.500. The maximum Gasteiger partial charge on any atom is 0.129 e. The lowest BCUT2D eigenvalue weighted by molar-refractivity contribution is -0.117. The minimum absolute atomic E-state index is 0.325. The van der Waals surface area contributed by atoms with E-state index in [9.17, 15) is 4.79 Å². The highest BCUT2D eigenvalue weighted by atomic mass is 16.5. The van der Waals surface area contributed by atoms with Gasteiger partial charge in [0.25, 0.3) is 0 Å². The molecule has 0 N–H and O–H groups in total. The lowest BCUT2D eigenvalue weighted by Gasteiger charge is -2.19. The number of ketones is 1. The number of carbonyl (C=O) groups excluding carboxylic acids is 1. The molecule has 214 valence electrons. The molecular formula is C38H50O2. The summed E-state index contributed by atoms with van der Waals surface area (Å²) < 4.78 is 6.40. The summed E-state index contributed by atoms with van der Waals surface area (Å²) >= 11 is 0. The van der Waals surface area contributed by atoms with Gasteiger partial charge in [-0.3, -0.25) is 0 Å². The molecule has 0 heterocycles. The predicted octanol–water partition coefficient (Wildman–Crippen LogP) is 10.3. The second kappa shape index (κ2) is 17.2. The summed E-state index contributed by atoms with van der Waals surface area (Å²) in [5, 5.41) is 0. The van der Waals surface area contributed by atoms with E-state index in [1.165, 1.54) is 98.4 Å². The summed E-state index contributed by atoms with van der Waals surface area (Å²) in [6.07, 6.45) is 17.2. The third-order valence-corrected chi connectivity index (χ3v) is 8.73. The van der Waals surface area contributed by atoms with Crippen LogP contribution >= 0.6 is 0 Å². The number of carbonyl (C=O) groups is 1. The molecule has 0 bridgehead atoms. The van der Waals surface area contributed by atoms with Crippen LogP contribution in [0.1, 0.15) is 113 Å². The minimum Gasteiger partial charge on any atom is -0.380 e. The van der Waals surface area contributed by atoms with Gasteiger partial charge in [-0.2, -0.15) is 0 Å². The molecule has 0 radical (unpaired) electrons. The normalized spacial score (nSPS) is 13.2. The highest BCUT2D eigenvalue weighted by Crippen LogP contribution is 2.44. The monoisotopic (exact) mass is 538 g/mol. The van der Waals surface area contributed by atoms with Crippen LogP contribution in [0.15, 0.2) is 78.9 Å². The maximum atomic E-state index is 11.2. The van der Waals surface area contributed by atoms with Gasteiger partial charge in [0.2, 0.25) is 0 Å². The van der Waals surface area contributed by atoms with Crippen molar-refractivity contribution in [1.82, 2.24) is 0 Å². The van der Waals surface area contributed by atoms with E-state index < -0.39 is 0 Å². The number of ether oxygens (including phenoxy) is 1. The van der Waals surface area contributed by atoms with Crippen LogP contribution < -0.4 is 0 Å². The molecule has 4 rings (SSSR count). The van der Waals surface area contributed by atoms with Crippen molar-refractivity contribution in [2.75, 3.05) is 13.2 Å². The summed E-state index contributed by atoms with van der Waals surface area (Å²) in [6.45, 7) is 3.33. The summed E-state index contributed by atoms with van der Waals surface area (Å²) in [5.74, 6) is 1.43. The Hall–Kier alpha value is -2.71. The number of fused-ring (bicyclic) bond motifs is 3. The predicted molar refractivity (Wildman–Crippen MR) is 169 cm³/mol. The molecule has 0 spiro atoms. The molecule has 1 unspecified atom stereocenters. The van der Waals surface area contributed by atoms with Crippen LogP contribution in [-0.2, 0) is 16.0 Å². The first kappa shape index (κ1) is 30.3. The zero-order valence-corrected chi connectivity index (χ0v) is 24.8. The van der Waals surface area contributed by atoms with Gasteiger partial charge >= 0.3 is 0 Å². The van der Waals surface area contributed by atoms with Gasteiger partial charge in [0, 0.05) is 18.9 Å². The molecule has 3 aromatic rings. The standard InChI is InChI=1S/C38H50O2/c1-31(39)18-8-5-6-11-23-33(22-10-4-2-3-9-19-32-20-12-7-13-21-32)28-29-40-30-38-36-26-16-14-24-34(36)35-25-15-17-27-37(35)38/h7,12-17,20-21,24-27,33,38H,2-6,8-11,18-19,22-23,28-30H2,1H3. The second-order valence-electron chi connectivity index (χ2n) is 11.9. The Bertz CT molecular complexity index is 1090. The zero-order valence-electron chi connectivity index (χ0n) is 24.8. The Morgan fingerprint density at radius 2 is 1.20 bits per heavy atom. The molecule has 0 saturated heterocycles. The average Bonchev–Trinajstić information content (AvgIpc) is 3.30. The second-order valence-corrected chi connectivity index (χ2v) is 11.9. The van der Waals surface area contributed by atoms with Crippen LogP contribution in [-0.4, -0.2) is 19.0 Å². The van der Waals surface area contributed by atoms with Gasteiger partial charge in [-0.15, -0.1) is 0 Å². The number of benzene rings is 3. The Morgan fingerprint density at radius 1 is 0.650 bits per heavy atom. The van der Waals surface area contributed by atoms with Crippen molar-refractivity contribution in [3.63, 3.8) is 0 Å². The first-order valence-corrected chi connectivity index (χ1v) is 16.0. The molecule has 0 fully saturated rings. The first-order chi connectivity index (χ1) is 19.7. The van der Waals surface area contributed by atoms with E-state index in [-0.39, 0.29) is 0 Å². The topological polar surface area (TPSA) is 26.3 Å². The van der Waals surface area contributed by atoms with E-state index >= 15 is 0 Å². The van der Waals surface area contributed by atoms with Crippen molar-refractivity contribution in [3.8, 4) is 11.1 Å². The van der Waals surface area contributed by atoms with E-state index in [1.807, 2.05) is 0 Å². The molecule has 0 aliphatic heterocycles. The largest absolute Gasteiger partial charge is 0.380 e. The third-order valence-electron chi connectivity index (χ3n) is 8.73. The molecule has 3 aromatic carbocycles. The molecule has 1 aliphatic rings. The van der Waals surface area contributed by atoms with Crippen LogP contribution in [0.4, 0.5) is 0 Å². The van der Waals surface area contributed by atoms with Crippen molar-refractivity contribution in [2.24, 2.45) is 5.92 Å². The molecule has 1 atom stereocenters. The molecule has 0 aromatic heterocycles. The summed E-state index contributed by atoms with van der Waals surface area (Å²) in [7, 11) is 0. The first-order valence-electron chi connectivity index (χ1n) is 16.0. The van der Waals surface area contributed by atoms with Crippen molar-refractivity contribution in [1.29, 1.82) is 0 Å². The Balaban J connectivity index is 1.17. The van der Waals surface area contributed by atoms with Crippen molar-refractivity contribution in [2.45, 2.75) is 103 Å². The van der Waals surface area contributed by atoms with Gasteiger partial charge in [-0.25, -0.2) is 0 Å². The maximum absolute atomic E-state index is 11.2. The number of hydrogen-bond acceptors (Lipinski definition) is 2. The Morgan fingerprint density at radius 3 is 1.85 bits per heavy atom. The van der Waals surface area contributed by atoms with Gasteiger partial charge < -0.3 is 9.53 Å².